The maximum Gasteiger partial charge on any atom is 0.177 e. The van der Waals surface area contributed by atoms with E-state index in [0.717, 1.165) is 30.5 Å². The normalized spacial score (nSPS) is 20.9. The van der Waals surface area contributed by atoms with Gasteiger partial charge >= 0.3 is 0 Å². The lowest BCUT2D eigenvalue weighted by Gasteiger charge is -2.29. The topological polar surface area (TPSA) is 40.5 Å². The Kier molecular flexibility index (Phi) is 4.15. The summed E-state index contributed by atoms with van der Waals surface area (Å²) in [5, 5.41) is 9.60. The number of rotatable bonds is 3. The number of hydrogen-bond acceptors (Lipinski definition) is 3. The molecule has 1 atom stereocenters. The number of carbonyl (C=O) groups is 1. The molecule has 2 rings (SSSR count). The van der Waals surface area contributed by atoms with E-state index in [-0.39, 0.29) is 11.9 Å². The number of likely N-dealkylation sites (tertiary alicyclic amines) is 1. The van der Waals surface area contributed by atoms with Crippen molar-refractivity contribution in [2.24, 2.45) is 0 Å². The van der Waals surface area contributed by atoms with Crippen LogP contribution in [0.5, 0.6) is 0 Å². The van der Waals surface area contributed by atoms with Gasteiger partial charge in [-0.2, -0.15) is 0 Å². The van der Waals surface area contributed by atoms with Gasteiger partial charge in [0.25, 0.3) is 0 Å². The summed E-state index contributed by atoms with van der Waals surface area (Å²) in [5.41, 5.74) is 3.02. The van der Waals surface area contributed by atoms with Crippen LogP contribution in [-0.4, -0.2) is 41.5 Å². The molecule has 1 aromatic rings. The van der Waals surface area contributed by atoms with Gasteiger partial charge in [-0.3, -0.25) is 9.69 Å². The fourth-order valence-electron chi connectivity index (χ4n) is 2.59. The summed E-state index contributed by atoms with van der Waals surface area (Å²) in [7, 11) is 0. The largest absolute Gasteiger partial charge is 0.392 e. The number of ketones is 1. The lowest BCUT2D eigenvalue weighted by Crippen LogP contribution is -2.41. The summed E-state index contributed by atoms with van der Waals surface area (Å²) in [5.74, 6) is 0.154. The molecule has 0 radical (unpaired) electrons. The molecule has 18 heavy (non-hydrogen) atoms. The summed E-state index contributed by atoms with van der Waals surface area (Å²) < 4.78 is 0. The predicted molar refractivity (Wildman–Crippen MR) is 71.9 cm³/mol. The number of carbonyl (C=O) groups excluding carboxylic acids is 1. The lowest BCUT2D eigenvalue weighted by molar-refractivity contribution is 0.0634. The van der Waals surface area contributed by atoms with Crippen molar-refractivity contribution in [1.82, 2.24) is 4.90 Å². The van der Waals surface area contributed by atoms with Gasteiger partial charge in [0.15, 0.2) is 5.78 Å². The second kappa shape index (κ2) is 5.63. The van der Waals surface area contributed by atoms with Crippen LogP contribution in [0.3, 0.4) is 0 Å². The maximum absolute atomic E-state index is 12.2. The van der Waals surface area contributed by atoms with Crippen molar-refractivity contribution < 1.29 is 9.90 Å². The summed E-state index contributed by atoms with van der Waals surface area (Å²) in [6.07, 6.45) is 1.56. The molecule has 0 spiro atoms. The molecule has 0 amide bonds. The molecular weight excluding hydrogens is 226 g/mol. The lowest BCUT2D eigenvalue weighted by atomic mass is 10.0. The van der Waals surface area contributed by atoms with E-state index in [1.807, 2.05) is 32.0 Å². The fourth-order valence-corrected chi connectivity index (χ4v) is 2.59. The van der Waals surface area contributed by atoms with E-state index < -0.39 is 0 Å². The summed E-state index contributed by atoms with van der Waals surface area (Å²) >= 11 is 0. The van der Waals surface area contributed by atoms with Crippen LogP contribution in [-0.2, 0) is 0 Å². The second-order valence-corrected chi connectivity index (χ2v) is 5.27. The Morgan fingerprint density at radius 1 is 1.44 bits per heavy atom. The van der Waals surface area contributed by atoms with Gasteiger partial charge < -0.3 is 5.11 Å². The molecule has 1 saturated heterocycles. The number of hydrogen-bond donors (Lipinski definition) is 1. The number of benzene rings is 1. The first-order chi connectivity index (χ1) is 8.56. The third-order valence-electron chi connectivity index (χ3n) is 3.53. The van der Waals surface area contributed by atoms with Crippen LogP contribution >= 0.6 is 0 Å². The molecule has 3 nitrogen and oxygen atoms in total. The van der Waals surface area contributed by atoms with Gasteiger partial charge in [-0.1, -0.05) is 23.8 Å². The molecule has 0 bridgehead atoms. The van der Waals surface area contributed by atoms with Crippen molar-refractivity contribution in [1.29, 1.82) is 0 Å². The Morgan fingerprint density at radius 2 is 2.22 bits per heavy atom. The minimum Gasteiger partial charge on any atom is -0.392 e. The highest BCUT2D eigenvalue weighted by atomic mass is 16.3. The molecule has 3 heteroatoms. The summed E-state index contributed by atoms with van der Waals surface area (Å²) in [6, 6.07) is 5.93. The Morgan fingerprint density at radius 3 is 2.89 bits per heavy atom. The molecule has 1 aliphatic rings. The van der Waals surface area contributed by atoms with E-state index in [2.05, 4.69) is 4.90 Å². The van der Waals surface area contributed by atoms with E-state index in [9.17, 15) is 9.90 Å². The van der Waals surface area contributed by atoms with Gasteiger partial charge in [0.1, 0.15) is 0 Å². The molecule has 98 valence electrons. The molecular formula is C15H21NO2. The van der Waals surface area contributed by atoms with Gasteiger partial charge in [0.2, 0.25) is 0 Å². The molecule has 1 N–H and O–H groups in total. The van der Waals surface area contributed by atoms with Crippen LogP contribution in [0.1, 0.15) is 34.3 Å². The van der Waals surface area contributed by atoms with E-state index in [1.165, 1.54) is 5.56 Å². The first-order valence-corrected chi connectivity index (χ1v) is 6.57. The Bertz CT molecular complexity index is 442. The third kappa shape index (κ3) is 3.18. The number of piperidine rings is 1. The number of aliphatic hydroxyl groups excluding tert-OH is 1. The highest BCUT2D eigenvalue weighted by Gasteiger charge is 2.20. The van der Waals surface area contributed by atoms with Crippen molar-refractivity contribution >= 4 is 5.78 Å². The minimum atomic E-state index is -0.273. The average Bonchev–Trinajstić information content (AvgIpc) is 2.28. The van der Waals surface area contributed by atoms with E-state index in [4.69, 9.17) is 0 Å². The average molecular weight is 247 g/mol. The van der Waals surface area contributed by atoms with Gasteiger partial charge in [-0.15, -0.1) is 0 Å². The van der Waals surface area contributed by atoms with Crippen molar-refractivity contribution in [2.45, 2.75) is 32.8 Å². The van der Waals surface area contributed by atoms with Crippen LogP contribution in [0.25, 0.3) is 0 Å². The zero-order valence-corrected chi connectivity index (χ0v) is 11.1. The number of aryl methyl sites for hydroxylation is 2. The number of aliphatic hydroxyl groups is 1. The molecule has 1 unspecified atom stereocenters. The Labute approximate surface area is 108 Å². The monoisotopic (exact) mass is 247 g/mol. The van der Waals surface area contributed by atoms with E-state index in [1.54, 1.807) is 0 Å². The second-order valence-electron chi connectivity index (χ2n) is 5.27. The Balaban J connectivity index is 2.03. The van der Waals surface area contributed by atoms with Crippen LogP contribution < -0.4 is 0 Å². The van der Waals surface area contributed by atoms with Crippen molar-refractivity contribution in [3.63, 3.8) is 0 Å². The standard InChI is InChI=1S/C15H21NO2/c1-11-5-6-14(12(2)8-11)15(18)10-16-7-3-4-13(17)9-16/h5-6,8,13,17H,3-4,7,9-10H2,1-2H3. The number of nitrogens with zero attached hydrogens (tertiary/aromatic N) is 1. The fraction of sp³-hybridized carbons (Fsp3) is 0.533. The van der Waals surface area contributed by atoms with Crippen LogP contribution in [0.2, 0.25) is 0 Å². The third-order valence-corrected chi connectivity index (χ3v) is 3.53. The van der Waals surface area contributed by atoms with Gasteiger partial charge in [-0.05, 0) is 38.8 Å². The first kappa shape index (κ1) is 13.2. The number of Topliss-reactive ketones (excluding diaryl/α,β-unsaturated/α-hetero) is 1. The predicted octanol–water partition coefficient (Wildman–Crippen LogP) is 1.94. The van der Waals surface area contributed by atoms with E-state index in [0.29, 0.717) is 13.1 Å². The zero-order valence-electron chi connectivity index (χ0n) is 11.1. The zero-order chi connectivity index (χ0) is 13.1. The number of β-amino-alcohol motifs (C(OH)–C–C–N with tert-alkyl or cyclic N) is 1. The van der Waals surface area contributed by atoms with Gasteiger partial charge in [-0.25, -0.2) is 0 Å². The highest BCUT2D eigenvalue weighted by Crippen LogP contribution is 2.14. The quantitative estimate of drug-likeness (QED) is 0.830. The van der Waals surface area contributed by atoms with E-state index >= 15 is 0 Å². The van der Waals surface area contributed by atoms with Crippen molar-refractivity contribution in [3.05, 3.63) is 34.9 Å². The van der Waals surface area contributed by atoms with Crippen LogP contribution in [0, 0.1) is 13.8 Å². The van der Waals surface area contributed by atoms with Crippen molar-refractivity contribution in [3.8, 4) is 0 Å². The van der Waals surface area contributed by atoms with Crippen molar-refractivity contribution in [2.75, 3.05) is 19.6 Å². The molecule has 0 aliphatic carbocycles. The molecule has 1 aliphatic heterocycles. The smallest absolute Gasteiger partial charge is 0.177 e. The summed E-state index contributed by atoms with van der Waals surface area (Å²) in [6.45, 7) is 5.96. The van der Waals surface area contributed by atoms with Crippen LogP contribution in [0.4, 0.5) is 0 Å². The first-order valence-electron chi connectivity index (χ1n) is 6.57. The highest BCUT2D eigenvalue weighted by molar-refractivity contribution is 5.98. The maximum atomic E-state index is 12.2. The molecule has 0 saturated carbocycles. The minimum absolute atomic E-state index is 0.154. The Hall–Kier alpha value is -1.19. The molecule has 0 aromatic heterocycles. The van der Waals surface area contributed by atoms with Gasteiger partial charge in [0.05, 0.1) is 12.6 Å². The molecule has 1 fully saturated rings. The molecule has 1 heterocycles. The van der Waals surface area contributed by atoms with Gasteiger partial charge in [0, 0.05) is 12.1 Å². The SMILES string of the molecule is Cc1ccc(C(=O)CN2CCCC(O)C2)c(C)c1. The summed E-state index contributed by atoms with van der Waals surface area (Å²) in [4.78, 5) is 14.3. The van der Waals surface area contributed by atoms with Crippen LogP contribution in [0.15, 0.2) is 18.2 Å². The molecule has 1 aromatic carbocycles.